The number of phenolic OH excluding ortho intramolecular Hbond substituents is 1. The summed E-state index contributed by atoms with van der Waals surface area (Å²) in [6, 6.07) is 2.24. The van der Waals surface area contributed by atoms with E-state index in [4.69, 9.17) is 10.5 Å². The zero-order chi connectivity index (χ0) is 24.7. The van der Waals surface area contributed by atoms with E-state index in [1.165, 1.54) is 13.2 Å². The molecule has 0 aliphatic heterocycles. The summed E-state index contributed by atoms with van der Waals surface area (Å²) in [5, 5.41) is 43.2. The minimum atomic E-state index is -2.61. The van der Waals surface area contributed by atoms with Gasteiger partial charge in [0.15, 0.2) is 17.2 Å². The van der Waals surface area contributed by atoms with Crippen molar-refractivity contribution in [2.45, 2.75) is 37.5 Å². The van der Waals surface area contributed by atoms with Crippen molar-refractivity contribution in [1.82, 2.24) is 4.90 Å². The first-order chi connectivity index (χ1) is 15.5. The predicted octanol–water partition coefficient (Wildman–Crippen LogP) is -0.176. The van der Waals surface area contributed by atoms with E-state index in [0.717, 1.165) is 0 Å². The van der Waals surface area contributed by atoms with Gasteiger partial charge in [0.25, 0.3) is 0 Å². The lowest BCUT2D eigenvalue weighted by Gasteiger charge is -2.47. The Kier molecular flexibility index (Phi) is 6.94. The number of aliphatic hydroxyl groups is 3. The number of aliphatic hydroxyl groups excluding tert-OH is 2. The third-order valence-electron chi connectivity index (χ3n) is 6.78. The SMILES string of the molecule is COCc1ccc(O)c2c1C[C@H]1C[C@@H]([C@H](CO)N(C)C)[C@@](O)(C(=O)CC(N)=O)C(O)=C1C2=O. The van der Waals surface area contributed by atoms with E-state index in [1.54, 1.807) is 25.1 Å². The lowest BCUT2D eigenvalue weighted by atomic mass is 9.61. The Morgan fingerprint density at radius 2 is 1.97 bits per heavy atom. The topological polar surface area (TPSA) is 171 Å². The third-order valence-corrected chi connectivity index (χ3v) is 6.78. The molecule has 0 heterocycles. The second-order valence-electron chi connectivity index (χ2n) is 8.91. The number of allylic oxidation sites excluding steroid dienone is 1. The molecule has 1 aromatic rings. The number of Topliss-reactive ketones (excluding diaryl/α,β-unsaturated/α-hetero) is 2. The van der Waals surface area contributed by atoms with Gasteiger partial charge in [0.2, 0.25) is 5.91 Å². The second kappa shape index (κ2) is 9.22. The Morgan fingerprint density at radius 3 is 2.52 bits per heavy atom. The number of primary amides is 1. The van der Waals surface area contributed by atoms with Gasteiger partial charge in [-0.2, -0.15) is 0 Å². The van der Waals surface area contributed by atoms with Crippen LogP contribution in [0.1, 0.15) is 34.3 Å². The average molecular weight is 462 g/mol. The summed E-state index contributed by atoms with van der Waals surface area (Å²) in [6.07, 6.45) is -0.540. The van der Waals surface area contributed by atoms with E-state index in [2.05, 4.69) is 0 Å². The summed E-state index contributed by atoms with van der Waals surface area (Å²) in [7, 11) is 4.80. The third kappa shape index (κ3) is 4.04. The standard InChI is InChI=1S/C23H30N2O8/c1-25(2)15(9-26)14-7-12-6-13-11(10-33-3)4-5-16(27)20(13)21(30)19(12)22(31)23(14,32)17(28)8-18(24)29/h4-5,12,14-15,26-27,31-32H,6-10H2,1-3H3,(H2,24,29)/t12-,14-,15-,23+/m0/s1. The van der Waals surface area contributed by atoms with Gasteiger partial charge in [-0.25, -0.2) is 0 Å². The lowest BCUT2D eigenvalue weighted by Crippen LogP contribution is -2.60. The summed E-state index contributed by atoms with van der Waals surface area (Å²) >= 11 is 0. The minimum absolute atomic E-state index is 0.0168. The average Bonchev–Trinajstić information content (AvgIpc) is 2.73. The fourth-order valence-electron chi connectivity index (χ4n) is 5.20. The quantitative estimate of drug-likeness (QED) is 0.329. The maximum atomic E-state index is 13.5. The first kappa shape index (κ1) is 24.8. The Bertz CT molecular complexity index is 1020. The van der Waals surface area contributed by atoms with Crippen molar-refractivity contribution in [3.8, 4) is 5.75 Å². The number of amides is 1. The summed E-state index contributed by atoms with van der Waals surface area (Å²) in [4.78, 5) is 39.5. The molecular weight excluding hydrogens is 432 g/mol. The highest BCUT2D eigenvalue weighted by Gasteiger charge is 2.58. The number of phenols is 1. The number of methoxy groups -OCH3 is 1. The number of nitrogens with zero attached hydrogens (tertiary/aromatic N) is 1. The van der Waals surface area contributed by atoms with Crippen LogP contribution >= 0.6 is 0 Å². The maximum Gasteiger partial charge on any atom is 0.225 e. The summed E-state index contributed by atoms with van der Waals surface area (Å²) in [6.45, 7) is -0.242. The van der Waals surface area contributed by atoms with Gasteiger partial charge in [-0.15, -0.1) is 0 Å². The molecule has 3 rings (SSSR count). The van der Waals surface area contributed by atoms with Crippen LogP contribution in [-0.2, 0) is 27.4 Å². The molecule has 10 nitrogen and oxygen atoms in total. The number of hydrogen-bond donors (Lipinski definition) is 5. The zero-order valence-electron chi connectivity index (χ0n) is 18.9. The van der Waals surface area contributed by atoms with Crippen molar-refractivity contribution >= 4 is 17.5 Å². The van der Waals surface area contributed by atoms with Crippen LogP contribution in [-0.4, -0.2) is 82.3 Å². The van der Waals surface area contributed by atoms with Crippen LogP contribution in [0.4, 0.5) is 0 Å². The van der Waals surface area contributed by atoms with Gasteiger partial charge < -0.3 is 35.8 Å². The molecule has 2 aliphatic carbocycles. The Hall–Kier alpha value is -2.79. The van der Waals surface area contributed by atoms with Gasteiger partial charge in [-0.1, -0.05) is 6.07 Å². The Labute approximate surface area is 191 Å². The normalized spacial score (nSPS) is 25.6. The van der Waals surface area contributed by atoms with Crippen LogP contribution < -0.4 is 5.73 Å². The Balaban J connectivity index is 2.24. The lowest BCUT2D eigenvalue weighted by molar-refractivity contribution is -0.151. The minimum Gasteiger partial charge on any atom is -0.508 e. The summed E-state index contributed by atoms with van der Waals surface area (Å²) in [5.41, 5.74) is 3.63. The number of benzene rings is 1. The number of carbonyl (C=O) groups is 3. The molecule has 1 amide bonds. The second-order valence-corrected chi connectivity index (χ2v) is 8.91. The molecule has 0 aromatic heterocycles. The van der Waals surface area contributed by atoms with Crippen molar-refractivity contribution in [3.05, 3.63) is 40.2 Å². The van der Waals surface area contributed by atoms with Crippen LogP contribution in [0, 0.1) is 11.8 Å². The van der Waals surface area contributed by atoms with Gasteiger partial charge in [-0.05, 0) is 50.0 Å². The fraction of sp³-hybridized carbons (Fsp3) is 0.522. The highest BCUT2D eigenvalue weighted by atomic mass is 16.5. The number of ketones is 2. The van der Waals surface area contributed by atoms with E-state index in [1.807, 2.05) is 0 Å². The van der Waals surface area contributed by atoms with Crippen molar-refractivity contribution in [3.63, 3.8) is 0 Å². The van der Waals surface area contributed by atoms with Crippen LogP contribution in [0.5, 0.6) is 5.75 Å². The number of aromatic hydroxyl groups is 1. The van der Waals surface area contributed by atoms with Gasteiger partial charge in [0.1, 0.15) is 11.5 Å². The molecule has 2 aliphatic rings. The smallest absolute Gasteiger partial charge is 0.225 e. The predicted molar refractivity (Wildman–Crippen MR) is 116 cm³/mol. The molecular formula is C23H30N2O8. The van der Waals surface area contributed by atoms with Crippen molar-refractivity contribution in [2.75, 3.05) is 27.8 Å². The summed E-state index contributed by atoms with van der Waals surface area (Å²) in [5.74, 6) is -5.53. The van der Waals surface area contributed by atoms with E-state index >= 15 is 0 Å². The van der Waals surface area contributed by atoms with E-state index in [-0.39, 0.29) is 36.3 Å². The molecule has 6 N–H and O–H groups in total. The van der Waals surface area contributed by atoms with Crippen molar-refractivity contribution in [1.29, 1.82) is 0 Å². The number of ether oxygens (including phenoxy) is 1. The molecule has 4 atom stereocenters. The molecule has 0 saturated heterocycles. The number of fused-ring (bicyclic) bond motifs is 2. The first-order valence-corrected chi connectivity index (χ1v) is 10.6. The highest BCUT2D eigenvalue weighted by molar-refractivity contribution is 6.15. The molecule has 0 saturated carbocycles. The van der Waals surface area contributed by atoms with Crippen LogP contribution in [0.25, 0.3) is 0 Å². The maximum absolute atomic E-state index is 13.5. The number of carbonyl (C=O) groups excluding carboxylic acids is 3. The van der Waals surface area contributed by atoms with E-state index in [0.29, 0.717) is 11.1 Å². The van der Waals surface area contributed by atoms with E-state index < -0.39 is 59.7 Å². The van der Waals surface area contributed by atoms with E-state index in [9.17, 15) is 34.8 Å². The number of nitrogens with two attached hydrogens (primary N) is 1. The molecule has 0 radical (unpaired) electrons. The molecule has 1 aromatic carbocycles. The molecule has 33 heavy (non-hydrogen) atoms. The molecule has 0 bridgehead atoms. The number of hydrogen-bond acceptors (Lipinski definition) is 9. The van der Waals surface area contributed by atoms with Gasteiger partial charge >= 0.3 is 0 Å². The van der Waals surface area contributed by atoms with Crippen LogP contribution in [0.3, 0.4) is 0 Å². The molecule has 0 unspecified atom stereocenters. The Morgan fingerprint density at radius 1 is 1.30 bits per heavy atom. The van der Waals surface area contributed by atoms with Crippen LogP contribution in [0.2, 0.25) is 0 Å². The molecule has 0 spiro atoms. The van der Waals surface area contributed by atoms with Gasteiger partial charge in [0, 0.05) is 24.6 Å². The van der Waals surface area contributed by atoms with Gasteiger partial charge in [0.05, 0.1) is 25.2 Å². The zero-order valence-corrected chi connectivity index (χ0v) is 18.9. The summed E-state index contributed by atoms with van der Waals surface area (Å²) < 4.78 is 5.21. The number of likely N-dealkylation sites (N-methyl/N-ethyl adjacent to an activating group) is 1. The molecule has 10 heteroatoms. The van der Waals surface area contributed by atoms with Crippen molar-refractivity contribution in [2.24, 2.45) is 17.6 Å². The molecule has 180 valence electrons. The monoisotopic (exact) mass is 462 g/mol. The highest BCUT2D eigenvalue weighted by Crippen LogP contribution is 2.49. The van der Waals surface area contributed by atoms with Gasteiger partial charge in [-0.3, -0.25) is 14.4 Å². The van der Waals surface area contributed by atoms with Crippen LogP contribution in [0.15, 0.2) is 23.5 Å². The van der Waals surface area contributed by atoms with Crippen molar-refractivity contribution < 1.29 is 39.5 Å². The molecule has 0 fully saturated rings. The largest absolute Gasteiger partial charge is 0.508 e. The number of rotatable bonds is 8. The first-order valence-electron chi connectivity index (χ1n) is 10.6. The fourth-order valence-corrected chi connectivity index (χ4v) is 5.20.